The van der Waals surface area contributed by atoms with Crippen LogP contribution in [0, 0.1) is 18.6 Å². The quantitative estimate of drug-likeness (QED) is 0.880. The first-order chi connectivity index (χ1) is 8.00. The van der Waals surface area contributed by atoms with Crippen molar-refractivity contribution in [3.05, 3.63) is 55.7 Å². The fourth-order valence-corrected chi connectivity index (χ4v) is 3.43. The Hall–Kier alpha value is -0.780. The van der Waals surface area contributed by atoms with Crippen molar-refractivity contribution in [2.45, 2.75) is 13.0 Å². The van der Waals surface area contributed by atoms with Crippen molar-refractivity contribution in [1.29, 1.82) is 0 Å². The standard InChI is InChI=1S/C12H9BrF2OS/c1-6-5-8(13)12(17-6)11(16)7-3-2-4-9(14)10(7)15/h2-5,11,16H,1H3. The van der Waals surface area contributed by atoms with E-state index in [4.69, 9.17) is 0 Å². The third kappa shape index (κ3) is 2.41. The SMILES string of the molecule is Cc1cc(Br)c(C(O)c2cccc(F)c2F)s1. The molecule has 0 aliphatic heterocycles. The molecule has 0 radical (unpaired) electrons. The Labute approximate surface area is 110 Å². The van der Waals surface area contributed by atoms with Crippen LogP contribution >= 0.6 is 27.3 Å². The average molecular weight is 319 g/mol. The summed E-state index contributed by atoms with van der Waals surface area (Å²) in [4.78, 5) is 1.56. The molecule has 0 saturated carbocycles. The summed E-state index contributed by atoms with van der Waals surface area (Å²) < 4.78 is 27.3. The van der Waals surface area contributed by atoms with E-state index >= 15 is 0 Å². The van der Waals surface area contributed by atoms with Gasteiger partial charge in [-0.3, -0.25) is 0 Å². The number of benzene rings is 1. The van der Waals surface area contributed by atoms with Crippen molar-refractivity contribution in [2.24, 2.45) is 0 Å². The van der Waals surface area contributed by atoms with Crippen molar-refractivity contribution in [3.63, 3.8) is 0 Å². The second-order valence-corrected chi connectivity index (χ2v) is 5.76. The van der Waals surface area contributed by atoms with Gasteiger partial charge in [-0.2, -0.15) is 0 Å². The number of halogens is 3. The zero-order chi connectivity index (χ0) is 12.6. The Balaban J connectivity index is 2.47. The van der Waals surface area contributed by atoms with Crippen LogP contribution in [0.25, 0.3) is 0 Å². The van der Waals surface area contributed by atoms with Gasteiger partial charge in [-0.25, -0.2) is 8.78 Å². The molecule has 0 amide bonds. The predicted molar refractivity (Wildman–Crippen MR) is 67.2 cm³/mol. The van der Waals surface area contributed by atoms with Gasteiger partial charge in [0.25, 0.3) is 0 Å². The lowest BCUT2D eigenvalue weighted by Gasteiger charge is -2.11. The van der Waals surface area contributed by atoms with Crippen molar-refractivity contribution in [2.75, 3.05) is 0 Å². The van der Waals surface area contributed by atoms with Gasteiger partial charge in [-0.15, -0.1) is 11.3 Å². The number of rotatable bonds is 2. The molecule has 0 aliphatic rings. The molecule has 1 aromatic carbocycles. The van der Waals surface area contributed by atoms with Gasteiger partial charge in [0.05, 0.1) is 4.88 Å². The fourth-order valence-electron chi connectivity index (χ4n) is 1.56. The molecule has 2 aromatic rings. The topological polar surface area (TPSA) is 20.2 Å². The minimum Gasteiger partial charge on any atom is -0.383 e. The molecule has 0 aliphatic carbocycles. The summed E-state index contributed by atoms with van der Waals surface area (Å²) in [6, 6.07) is 5.62. The first-order valence-electron chi connectivity index (χ1n) is 4.88. The van der Waals surface area contributed by atoms with Crippen molar-refractivity contribution >= 4 is 27.3 Å². The normalized spacial score (nSPS) is 12.8. The molecule has 1 unspecified atom stereocenters. The maximum absolute atomic E-state index is 13.5. The van der Waals surface area contributed by atoms with Crippen LogP contribution in [-0.4, -0.2) is 5.11 Å². The molecule has 1 aromatic heterocycles. The van der Waals surface area contributed by atoms with E-state index in [1.807, 2.05) is 13.0 Å². The van der Waals surface area contributed by atoms with Gasteiger partial charge in [0.1, 0.15) is 6.10 Å². The lowest BCUT2D eigenvalue weighted by atomic mass is 10.1. The molecule has 1 N–H and O–H groups in total. The maximum Gasteiger partial charge on any atom is 0.164 e. The number of hydrogen-bond donors (Lipinski definition) is 1. The number of hydrogen-bond acceptors (Lipinski definition) is 2. The van der Waals surface area contributed by atoms with Gasteiger partial charge in [-0.05, 0) is 35.0 Å². The van der Waals surface area contributed by atoms with Gasteiger partial charge in [0, 0.05) is 14.9 Å². The lowest BCUT2D eigenvalue weighted by molar-refractivity contribution is 0.216. The van der Waals surface area contributed by atoms with Crippen LogP contribution in [-0.2, 0) is 0 Å². The van der Waals surface area contributed by atoms with Gasteiger partial charge < -0.3 is 5.11 Å². The first-order valence-corrected chi connectivity index (χ1v) is 6.49. The van der Waals surface area contributed by atoms with Gasteiger partial charge in [0.15, 0.2) is 11.6 Å². The molecule has 1 atom stereocenters. The summed E-state index contributed by atoms with van der Waals surface area (Å²) in [5.74, 6) is -1.95. The summed E-state index contributed by atoms with van der Waals surface area (Å²) in [6.07, 6.45) is -1.15. The van der Waals surface area contributed by atoms with E-state index in [0.717, 1.165) is 10.9 Å². The fraction of sp³-hybridized carbons (Fsp3) is 0.167. The third-order valence-electron chi connectivity index (χ3n) is 2.36. The third-order valence-corrected chi connectivity index (χ3v) is 4.38. The van der Waals surface area contributed by atoms with Crippen molar-refractivity contribution in [3.8, 4) is 0 Å². The van der Waals surface area contributed by atoms with E-state index in [1.165, 1.54) is 23.5 Å². The number of thiophene rings is 1. The number of aliphatic hydroxyl groups is 1. The zero-order valence-corrected chi connectivity index (χ0v) is 11.3. The second kappa shape index (κ2) is 4.84. The molecule has 90 valence electrons. The van der Waals surface area contributed by atoms with Crippen LogP contribution < -0.4 is 0 Å². The molecule has 0 fully saturated rings. The Kier molecular flexibility index (Phi) is 3.61. The van der Waals surface area contributed by atoms with Crippen LogP contribution in [0.2, 0.25) is 0 Å². The van der Waals surface area contributed by atoms with Crippen LogP contribution in [0.15, 0.2) is 28.7 Å². The zero-order valence-electron chi connectivity index (χ0n) is 8.88. The average Bonchev–Trinajstić information content (AvgIpc) is 2.61. The van der Waals surface area contributed by atoms with Crippen molar-refractivity contribution in [1.82, 2.24) is 0 Å². The van der Waals surface area contributed by atoms with E-state index < -0.39 is 17.7 Å². The Morgan fingerprint density at radius 3 is 2.65 bits per heavy atom. The van der Waals surface area contributed by atoms with Gasteiger partial charge in [0.2, 0.25) is 0 Å². The molecule has 5 heteroatoms. The van der Waals surface area contributed by atoms with Gasteiger partial charge in [-0.1, -0.05) is 12.1 Å². The molecular weight excluding hydrogens is 310 g/mol. The molecule has 1 nitrogen and oxygen atoms in total. The smallest absolute Gasteiger partial charge is 0.164 e. The highest BCUT2D eigenvalue weighted by atomic mass is 79.9. The van der Waals surface area contributed by atoms with E-state index in [9.17, 15) is 13.9 Å². The largest absolute Gasteiger partial charge is 0.383 e. The molecular formula is C12H9BrF2OS. The molecule has 1 heterocycles. The van der Waals surface area contributed by atoms with Crippen LogP contribution in [0.4, 0.5) is 8.78 Å². The van der Waals surface area contributed by atoms with E-state index in [2.05, 4.69) is 15.9 Å². The Morgan fingerprint density at radius 2 is 2.06 bits per heavy atom. The minimum atomic E-state index is -1.15. The lowest BCUT2D eigenvalue weighted by Crippen LogP contribution is -2.02. The van der Waals surface area contributed by atoms with E-state index in [1.54, 1.807) is 0 Å². The maximum atomic E-state index is 13.5. The van der Waals surface area contributed by atoms with Crippen LogP contribution in [0.5, 0.6) is 0 Å². The number of aryl methyl sites for hydroxylation is 1. The molecule has 0 spiro atoms. The van der Waals surface area contributed by atoms with Crippen molar-refractivity contribution < 1.29 is 13.9 Å². The highest BCUT2D eigenvalue weighted by molar-refractivity contribution is 9.10. The molecule has 2 rings (SSSR count). The molecule has 0 saturated heterocycles. The number of aliphatic hydroxyl groups excluding tert-OH is 1. The summed E-state index contributed by atoms with van der Waals surface area (Å²) in [5.41, 5.74) is -0.0486. The molecule has 17 heavy (non-hydrogen) atoms. The minimum absolute atomic E-state index is 0.0486. The van der Waals surface area contributed by atoms with E-state index in [0.29, 0.717) is 9.35 Å². The van der Waals surface area contributed by atoms with Crippen LogP contribution in [0.1, 0.15) is 21.4 Å². The summed E-state index contributed by atoms with van der Waals surface area (Å²) in [5, 5.41) is 10.1. The summed E-state index contributed by atoms with van der Waals surface area (Å²) >= 11 is 4.64. The van der Waals surface area contributed by atoms with Gasteiger partial charge >= 0.3 is 0 Å². The second-order valence-electron chi connectivity index (χ2n) is 3.61. The predicted octanol–water partition coefficient (Wildman–Crippen LogP) is 4.18. The summed E-state index contributed by atoms with van der Waals surface area (Å²) in [6.45, 7) is 1.88. The van der Waals surface area contributed by atoms with Crippen LogP contribution in [0.3, 0.4) is 0 Å². The monoisotopic (exact) mass is 318 g/mol. The summed E-state index contributed by atoms with van der Waals surface area (Å²) in [7, 11) is 0. The Bertz CT molecular complexity index is 553. The highest BCUT2D eigenvalue weighted by Gasteiger charge is 2.21. The first kappa shape index (κ1) is 12.7. The highest BCUT2D eigenvalue weighted by Crippen LogP contribution is 2.36. The molecule has 0 bridgehead atoms. The Morgan fingerprint density at radius 1 is 1.35 bits per heavy atom. The van der Waals surface area contributed by atoms with E-state index in [-0.39, 0.29) is 5.56 Å².